The van der Waals surface area contributed by atoms with Crippen molar-refractivity contribution >= 4 is 6.09 Å². The van der Waals surface area contributed by atoms with Crippen molar-refractivity contribution in [3.8, 4) is 16.9 Å². The second kappa shape index (κ2) is 14.0. The van der Waals surface area contributed by atoms with E-state index in [1.54, 1.807) is 7.11 Å². The predicted molar refractivity (Wildman–Crippen MR) is 149 cm³/mol. The Kier molecular flexibility index (Phi) is 10.2. The van der Waals surface area contributed by atoms with Crippen LogP contribution in [0.25, 0.3) is 11.1 Å². The molecule has 0 spiro atoms. The molecule has 0 bridgehead atoms. The average molecular weight is 518 g/mol. The summed E-state index contributed by atoms with van der Waals surface area (Å²) in [6, 6.07) is 24.7. The zero-order chi connectivity index (χ0) is 26.7. The van der Waals surface area contributed by atoms with Crippen LogP contribution in [0, 0.1) is 6.92 Å². The van der Waals surface area contributed by atoms with Crippen LogP contribution in [-0.4, -0.2) is 50.6 Å². The van der Waals surface area contributed by atoms with Gasteiger partial charge in [0.2, 0.25) is 0 Å². The summed E-state index contributed by atoms with van der Waals surface area (Å²) in [6.07, 6.45) is 2.05. The van der Waals surface area contributed by atoms with Crippen LogP contribution in [0.15, 0.2) is 72.8 Å². The summed E-state index contributed by atoms with van der Waals surface area (Å²) >= 11 is 0. The number of hydrogen-bond acceptors (Lipinski definition) is 5. The summed E-state index contributed by atoms with van der Waals surface area (Å²) in [5, 5.41) is 0. The minimum Gasteiger partial charge on any atom is -0.493 e. The van der Waals surface area contributed by atoms with E-state index in [0.29, 0.717) is 33.0 Å². The van der Waals surface area contributed by atoms with Crippen molar-refractivity contribution in [1.82, 2.24) is 4.90 Å². The summed E-state index contributed by atoms with van der Waals surface area (Å²) in [4.78, 5) is 14.9. The Balaban J connectivity index is 1.58. The second-order valence-corrected chi connectivity index (χ2v) is 9.63. The van der Waals surface area contributed by atoms with Crippen LogP contribution in [0.3, 0.4) is 0 Å². The van der Waals surface area contributed by atoms with Gasteiger partial charge in [0, 0.05) is 32.2 Å². The van der Waals surface area contributed by atoms with Gasteiger partial charge in [-0.2, -0.15) is 0 Å². The van der Waals surface area contributed by atoms with E-state index < -0.39 is 0 Å². The van der Waals surface area contributed by atoms with E-state index in [1.165, 1.54) is 0 Å². The first-order valence-electron chi connectivity index (χ1n) is 13.5. The van der Waals surface area contributed by atoms with E-state index in [2.05, 4.69) is 61.5 Å². The molecular formula is C32H39NO5. The van der Waals surface area contributed by atoms with Gasteiger partial charge in [-0.3, -0.25) is 4.90 Å². The van der Waals surface area contributed by atoms with Gasteiger partial charge in [-0.1, -0.05) is 60.7 Å². The number of hydrogen-bond donors (Lipinski definition) is 0. The van der Waals surface area contributed by atoms with Gasteiger partial charge in [-0.15, -0.1) is 0 Å². The number of nitrogens with zero attached hydrogens (tertiary/aromatic N) is 1. The van der Waals surface area contributed by atoms with Gasteiger partial charge >= 0.3 is 6.09 Å². The lowest BCUT2D eigenvalue weighted by Crippen LogP contribution is -2.46. The zero-order valence-electron chi connectivity index (χ0n) is 22.7. The van der Waals surface area contributed by atoms with E-state index in [9.17, 15) is 4.79 Å². The topological polar surface area (TPSA) is 57.2 Å². The van der Waals surface area contributed by atoms with Gasteiger partial charge in [0.25, 0.3) is 0 Å². The van der Waals surface area contributed by atoms with Gasteiger partial charge in [0.1, 0.15) is 5.75 Å². The normalized spacial score (nSPS) is 17.3. The van der Waals surface area contributed by atoms with Crippen LogP contribution in [0.4, 0.5) is 4.79 Å². The number of likely N-dealkylation sites (tertiary alicyclic amines) is 1. The summed E-state index contributed by atoms with van der Waals surface area (Å²) in [5.74, 6) is 0.835. The van der Waals surface area contributed by atoms with Gasteiger partial charge in [0.15, 0.2) is 0 Å². The maximum absolute atomic E-state index is 13.0. The van der Waals surface area contributed by atoms with Crippen molar-refractivity contribution in [2.45, 2.75) is 51.9 Å². The van der Waals surface area contributed by atoms with Crippen LogP contribution in [-0.2, 0) is 20.8 Å². The molecule has 0 aromatic heterocycles. The Bertz CT molecular complexity index is 1170. The molecule has 1 fully saturated rings. The fourth-order valence-electron chi connectivity index (χ4n) is 4.97. The third-order valence-corrected chi connectivity index (χ3v) is 6.84. The van der Waals surface area contributed by atoms with Gasteiger partial charge < -0.3 is 18.9 Å². The highest BCUT2D eigenvalue weighted by atomic mass is 16.6. The van der Waals surface area contributed by atoms with Crippen LogP contribution in [0.1, 0.15) is 48.9 Å². The third kappa shape index (κ3) is 7.15. The van der Waals surface area contributed by atoms with E-state index >= 15 is 0 Å². The quantitative estimate of drug-likeness (QED) is 0.258. The maximum atomic E-state index is 13.0. The van der Waals surface area contributed by atoms with Crippen molar-refractivity contribution in [1.29, 1.82) is 0 Å². The number of aryl methyl sites for hydroxylation is 1. The van der Waals surface area contributed by atoms with E-state index in [1.807, 2.05) is 30.0 Å². The largest absolute Gasteiger partial charge is 0.493 e. The van der Waals surface area contributed by atoms with Crippen LogP contribution >= 0.6 is 0 Å². The molecule has 3 aromatic rings. The Labute approximate surface area is 226 Å². The lowest BCUT2D eigenvalue weighted by atomic mass is 9.90. The van der Waals surface area contributed by atoms with Crippen molar-refractivity contribution < 1.29 is 23.7 Å². The highest BCUT2D eigenvalue weighted by Crippen LogP contribution is 2.36. The van der Waals surface area contributed by atoms with Crippen molar-refractivity contribution in [2.75, 3.05) is 33.5 Å². The summed E-state index contributed by atoms with van der Waals surface area (Å²) < 4.78 is 23.3. The average Bonchev–Trinajstić information content (AvgIpc) is 2.95. The van der Waals surface area contributed by atoms with Crippen LogP contribution < -0.4 is 4.74 Å². The smallest absolute Gasteiger partial charge is 0.410 e. The molecule has 202 valence electrons. The van der Waals surface area contributed by atoms with E-state index in [4.69, 9.17) is 18.9 Å². The number of piperidine rings is 1. The maximum Gasteiger partial charge on any atom is 0.410 e. The number of ether oxygens (including phenoxy) is 4. The minimum absolute atomic E-state index is 0.179. The first kappa shape index (κ1) is 27.7. The minimum atomic E-state index is -0.298. The number of amides is 1. The molecule has 1 saturated heterocycles. The monoisotopic (exact) mass is 517 g/mol. The molecule has 0 N–H and O–H groups in total. The fourth-order valence-corrected chi connectivity index (χ4v) is 4.97. The first-order valence-corrected chi connectivity index (χ1v) is 13.5. The molecule has 38 heavy (non-hydrogen) atoms. The van der Waals surface area contributed by atoms with Gasteiger partial charge in [0.05, 0.1) is 32.0 Å². The number of benzene rings is 3. The molecule has 0 radical (unpaired) electrons. The second-order valence-electron chi connectivity index (χ2n) is 9.63. The van der Waals surface area contributed by atoms with Gasteiger partial charge in [-0.05, 0) is 61.1 Å². The van der Waals surface area contributed by atoms with Crippen molar-refractivity contribution in [3.63, 3.8) is 0 Å². The van der Waals surface area contributed by atoms with Crippen LogP contribution in [0.2, 0.25) is 0 Å². The Morgan fingerprint density at radius 1 is 0.974 bits per heavy atom. The highest BCUT2D eigenvalue weighted by Gasteiger charge is 2.37. The number of carbonyl (C=O) groups excluding carboxylic acids is 1. The Hall–Kier alpha value is -3.35. The van der Waals surface area contributed by atoms with Gasteiger partial charge in [-0.25, -0.2) is 4.79 Å². The lowest BCUT2D eigenvalue weighted by molar-refractivity contribution is -0.0493. The van der Waals surface area contributed by atoms with Crippen LogP contribution in [0.5, 0.6) is 5.75 Å². The molecule has 6 nitrogen and oxygen atoms in total. The zero-order valence-corrected chi connectivity index (χ0v) is 22.7. The first-order chi connectivity index (χ1) is 18.6. The molecule has 1 aliphatic rings. The van der Waals surface area contributed by atoms with E-state index in [-0.39, 0.29) is 18.2 Å². The fraction of sp³-hybridized carbons (Fsp3) is 0.406. The van der Waals surface area contributed by atoms with Crippen molar-refractivity contribution in [2.24, 2.45) is 0 Å². The Morgan fingerprint density at radius 2 is 1.79 bits per heavy atom. The SMILES string of the molecule is CCOC(=O)N1CCCC(OCc2ccc(C)cc2OCCCOC)C1c1cccc(-c2ccccc2)c1. The molecule has 2 atom stereocenters. The molecule has 3 aromatic carbocycles. The third-order valence-electron chi connectivity index (χ3n) is 6.84. The molecule has 1 aliphatic heterocycles. The standard InChI is InChI=1S/C32H39NO5/c1-4-36-32(34)33-18-9-15-29(31(33)27-14-8-13-26(22-27)25-11-6-5-7-12-25)38-23-28-17-16-24(2)21-30(28)37-20-10-19-35-3/h5-8,11-14,16-17,21-22,29,31H,4,9-10,15,18-20,23H2,1-3H3. The molecule has 0 aliphatic carbocycles. The Morgan fingerprint density at radius 3 is 2.58 bits per heavy atom. The molecule has 4 rings (SSSR count). The van der Waals surface area contributed by atoms with Crippen molar-refractivity contribution in [3.05, 3.63) is 89.5 Å². The molecule has 6 heteroatoms. The molecule has 0 saturated carbocycles. The highest BCUT2D eigenvalue weighted by molar-refractivity contribution is 5.69. The molecule has 2 unspecified atom stereocenters. The molecule has 1 amide bonds. The van der Waals surface area contributed by atoms with E-state index in [0.717, 1.165) is 52.8 Å². The number of rotatable bonds is 11. The number of carbonyl (C=O) groups is 1. The summed E-state index contributed by atoms with van der Waals surface area (Å²) in [7, 11) is 1.70. The molecular weight excluding hydrogens is 478 g/mol. The summed E-state index contributed by atoms with van der Waals surface area (Å²) in [6.45, 7) is 6.51. The molecule has 1 heterocycles. The summed E-state index contributed by atoms with van der Waals surface area (Å²) in [5.41, 5.74) is 5.43. The lowest BCUT2D eigenvalue weighted by Gasteiger charge is -2.40. The number of methoxy groups -OCH3 is 1. The predicted octanol–water partition coefficient (Wildman–Crippen LogP) is 6.96.